The molecule has 0 N–H and O–H groups in total. The molecule has 1 heterocycles. The van der Waals surface area contributed by atoms with Gasteiger partial charge in [-0.2, -0.15) is 5.10 Å². The van der Waals surface area contributed by atoms with Gasteiger partial charge in [-0.3, -0.25) is 9.69 Å². The number of hydrogen-bond donors (Lipinski definition) is 0. The Balaban J connectivity index is 1.57. The van der Waals surface area contributed by atoms with Gasteiger partial charge in [0.15, 0.2) is 0 Å². The first kappa shape index (κ1) is 21.3. The highest BCUT2D eigenvalue weighted by Crippen LogP contribution is 2.34. The van der Waals surface area contributed by atoms with Crippen molar-refractivity contribution in [3.05, 3.63) is 106 Å². The summed E-state index contributed by atoms with van der Waals surface area (Å²) in [6.45, 7) is 3.05. The average molecular weight is 432 g/mol. The fourth-order valence-corrected chi connectivity index (χ4v) is 4.15. The maximum Gasteiger partial charge on any atom is 0.257 e. The topological polar surface area (TPSA) is 35.9 Å². The van der Waals surface area contributed by atoms with Gasteiger partial charge in [0.1, 0.15) is 0 Å². The molecule has 0 aromatic heterocycles. The highest BCUT2D eigenvalue weighted by Gasteiger charge is 2.33. The maximum atomic E-state index is 13.3. The molecule has 0 radical (unpaired) electrons. The second kappa shape index (κ2) is 9.46. The first-order chi connectivity index (χ1) is 15.0. The van der Waals surface area contributed by atoms with Crippen molar-refractivity contribution in [3.63, 3.8) is 0 Å². The molecule has 0 unspecified atom stereocenters. The molecule has 0 saturated heterocycles. The zero-order valence-electron chi connectivity index (χ0n) is 17.8. The molecule has 4 rings (SSSR count). The van der Waals surface area contributed by atoms with Crippen molar-refractivity contribution in [2.45, 2.75) is 25.9 Å². The Hall–Kier alpha value is -2.95. The van der Waals surface area contributed by atoms with Gasteiger partial charge in [-0.25, -0.2) is 5.01 Å². The number of halogens is 1. The van der Waals surface area contributed by atoms with Gasteiger partial charge in [0, 0.05) is 23.6 Å². The highest BCUT2D eigenvalue weighted by molar-refractivity contribution is 6.34. The molecule has 4 nitrogen and oxygen atoms in total. The van der Waals surface area contributed by atoms with Crippen molar-refractivity contribution in [2.24, 2.45) is 5.10 Å². The number of nitrogens with zero attached hydrogens (tertiary/aromatic N) is 3. The van der Waals surface area contributed by atoms with E-state index in [4.69, 9.17) is 16.7 Å². The third kappa shape index (κ3) is 5.04. The molecular formula is C26H26ClN3O. The van der Waals surface area contributed by atoms with Crippen LogP contribution in [0.5, 0.6) is 0 Å². The summed E-state index contributed by atoms with van der Waals surface area (Å²) in [5.41, 5.74) is 5.17. The molecule has 0 spiro atoms. The molecule has 0 fully saturated rings. The summed E-state index contributed by atoms with van der Waals surface area (Å²) >= 11 is 6.43. The monoisotopic (exact) mass is 431 g/mol. The second-order valence-corrected chi connectivity index (χ2v) is 8.46. The van der Waals surface area contributed by atoms with Gasteiger partial charge < -0.3 is 0 Å². The maximum absolute atomic E-state index is 13.3. The van der Waals surface area contributed by atoms with E-state index in [1.807, 2.05) is 54.4 Å². The summed E-state index contributed by atoms with van der Waals surface area (Å²) in [7, 11) is 1.96. The van der Waals surface area contributed by atoms with Crippen molar-refractivity contribution >= 4 is 23.2 Å². The van der Waals surface area contributed by atoms with Crippen LogP contribution in [0.3, 0.4) is 0 Å². The van der Waals surface area contributed by atoms with E-state index in [2.05, 4.69) is 43.3 Å². The number of hydrogen-bond acceptors (Lipinski definition) is 3. The Morgan fingerprint density at radius 1 is 1.03 bits per heavy atom. The number of rotatable bonds is 6. The molecule has 5 heteroatoms. The van der Waals surface area contributed by atoms with E-state index in [-0.39, 0.29) is 18.5 Å². The van der Waals surface area contributed by atoms with Crippen LogP contribution in [0.15, 0.2) is 84.0 Å². The van der Waals surface area contributed by atoms with Crippen LogP contribution in [0.1, 0.15) is 34.7 Å². The zero-order valence-corrected chi connectivity index (χ0v) is 18.6. The molecule has 1 amide bonds. The molecule has 0 aliphatic carbocycles. The van der Waals surface area contributed by atoms with Gasteiger partial charge in [-0.05, 0) is 31.2 Å². The highest BCUT2D eigenvalue weighted by atomic mass is 35.5. The standard InChI is InChI=1S/C26H26ClN3O/c1-19-12-14-21(15-13-19)25-16-24(22-10-6-7-11-23(22)27)28-30(25)26(31)18-29(2)17-20-8-4-3-5-9-20/h3-15,25H,16-18H2,1-2H3/t25-/m0/s1. The van der Waals surface area contributed by atoms with Crippen LogP contribution in [0.2, 0.25) is 5.02 Å². The normalized spacial score (nSPS) is 15.9. The van der Waals surface area contributed by atoms with Crippen molar-refractivity contribution in [3.8, 4) is 0 Å². The van der Waals surface area contributed by atoms with Crippen LogP contribution in [0.25, 0.3) is 0 Å². The Morgan fingerprint density at radius 3 is 2.42 bits per heavy atom. The second-order valence-electron chi connectivity index (χ2n) is 8.05. The minimum absolute atomic E-state index is 0.0222. The third-order valence-electron chi connectivity index (χ3n) is 5.51. The van der Waals surface area contributed by atoms with E-state index in [0.29, 0.717) is 18.0 Å². The lowest BCUT2D eigenvalue weighted by atomic mass is 9.97. The number of aryl methyl sites for hydroxylation is 1. The largest absolute Gasteiger partial charge is 0.293 e. The van der Waals surface area contributed by atoms with Gasteiger partial charge in [0.2, 0.25) is 0 Å². The van der Waals surface area contributed by atoms with Gasteiger partial charge >= 0.3 is 0 Å². The SMILES string of the molecule is Cc1ccc([C@@H]2CC(c3ccccc3Cl)=NN2C(=O)CN(C)Cc2ccccc2)cc1. The Labute approximate surface area is 188 Å². The quantitative estimate of drug-likeness (QED) is 0.519. The fraction of sp³-hybridized carbons (Fsp3) is 0.231. The molecule has 158 valence electrons. The molecule has 3 aromatic rings. The number of carbonyl (C=O) groups excluding carboxylic acids is 1. The molecular weight excluding hydrogens is 406 g/mol. The summed E-state index contributed by atoms with van der Waals surface area (Å²) < 4.78 is 0. The molecule has 1 aliphatic rings. The van der Waals surface area contributed by atoms with E-state index >= 15 is 0 Å². The van der Waals surface area contributed by atoms with Crippen molar-refractivity contribution in [1.29, 1.82) is 0 Å². The summed E-state index contributed by atoms with van der Waals surface area (Å²) in [4.78, 5) is 15.3. The van der Waals surface area contributed by atoms with Crippen molar-refractivity contribution in [1.82, 2.24) is 9.91 Å². The van der Waals surface area contributed by atoms with Crippen LogP contribution in [0.4, 0.5) is 0 Å². The number of amides is 1. The van der Waals surface area contributed by atoms with E-state index in [9.17, 15) is 4.79 Å². The summed E-state index contributed by atoms with van der Waals surface area (Å²) in [6.07, 6.45) is 0.640. The lowest BCUT2D eigenvalue weighted by molar-refractivity contribution is -0.134. The van der Waals surface area contributed by atoms with Crippen LogP contribution >= 0.6 is 11.6 Å². The summed E-state index contributed by atoms with van der Waals surface area (Å²) in [5.74, 6) is -0.0222. The minimum atomic E-state index is -0.135. The summed E-state index contributed by atoms with van der Waals surface area (Å²) in [5, 5.41) is 7.04. The number of carbonyl (C=O) groups is 1. The molecule has 1 atom stereocenters. The molecule has 0 bridgehead atoms. The number of benzene rings is 3. The fourth-order valence-electron chi connectivity index (χ4n) is 3.90. The van der Waals surface area contributed by atoms with Crippen LogP contribution in [0, 0.1) is 6.92 Å². The Kier molecular flexibility index (Phi) is 6.50. The lowest BCUT2D eigenvalue weighted by Crippen LogP contribution is -2.36. The molecule has 0 saturated carbocycles. The van der Waals surface area contributed by atoms with Crippen molar-refractivity contribution < 1.29 is 4.79 Å². The molecule has 3 aromatic carbocycles. The van der Waals surface area contributed by atoms with Gasteiger partial charge in [-0.15, -0.1) is 0 Å². The van der Waals surface area contributed by atoms with E-state index in [1.54, 1.807) is 5.01 Å². The Morgan fingerprint density at radius 2 is 1.71 bits per heavy atom. The van der Waals surface area contributed by atoms with Gasteiger partial charge in [0.25, 0.3) is 5.91 Å². The van der Waals surface area contributed by atoms with E-state index in [0.717, 1.165) is 16.8 Å². The zero-order chi connectivity index (χ0) is 21.8. The van der Waals surface area contributed by atoms with Gasteiger partial charge in [0.05, 0.1) is 18.3 Å². The average Bonchev–Trinajstić information content (AvgIpc) is 3.20. The van der Waals surface area contributed by atoms with Crippen molar-refractivity contribution in [2.75, 3.05) is 13.6 Å². The predicted octanol–water partition coefficient (Wildman–Crippen LogP) is 5.46. The first-order valence-electron chi connectivity index (χ1n) is 10.4. The lowest BCUT2D eigenvalue weighted by Gasteiger charge is -2.25. The number of hydrazone groups is 1. The number of likely N-dealkylation sites (N-methyl/N-ethyl adjacent to an activating group) is 1. The first-order valence-corrected chi connectivity index (χ1v) is 10.8. The van der Waals surface area contributed by atoms with E-state index in [1.165, 1.54) is 11.1 Å². The third-order valence-corrected chi connectivity index (χ3v) is 5.84. The van der Waals surface area contributed by atoms with Crippen LogP contribution in [-0.4, -0.2) is 35.1 Å². The van der Waals surface area contributed by atoms with E-state index < -0.39 is 0 Å². The van der Waals surface area contributed by atoms with Gasteiger partial charge in [-0.1, -0.05) is 90.0 Å². The molecule has 1 aliphatic heterocycles. The molecule has 31 heavy (non-hydrogen) atoms. The Bertz CT molecular complexity index is 1080. The summed E-state index contributed by atoms with van der Waals surface area (Å²) in [6, 6.07) is 26.0. The van der Waals surface area contributed by atoms with Crippen LogP contribution in [-0.2, 0) is 11.3 Å². The minimum Gasteiger partial charge on any atom is -0.293 e. The predicted molar refractivity (Wildman–Crippen MR) is 126 cm³/mol. The van der Waals surface area contributed by atoms with Crippen LogP contribution < -0.4 is 0 Å². The smallest absolute Gasteiger partial charge is 0.257 e.